The number of halogens is 2. The van der Waals surface area contributed by atoms with Crippen LogP contribution in [-0.2, 0) is 0 Å². The molecule has 2 heterocycles. The Labute approximate surface area is 83.1 Å². The molecule has 0 saturated carbocycles. The highest BCUT2D eigenvalue weighted by Crippen LogP contribution is 2.17. The van der Waals surface area contributed by atoms with Crippen molar-refractivity contribution in [1.29, 1.82) is 0 Å². The molecule has 0 aliphatic rings. The minimum Gasteiger partial charge on any atom is -0.214 e. The van der Waals surface area contributed by atoms with Crippen molar-refractivity contribution in [1.82, 2.24) is 25.4 Å². The molecule has 0 atom stereocenters. The molecular formula is C6H3Cl2N5. The second kappa shape index (κ2) is 3.27. The minimum absolute atomic E-state index is 0.276. The van der Waals surface area contributed by atoms with Gasteiger partial charge >= 0.3 is 0 Å². The van der Waals surface area contributed by atoms with Crippen molar-refractivity contribution < 1.29 is 0 Å². The van der Waals surface area contributed by atoms with Gasteiger partial charge < -0.3 is 0 Å². The monoisotopic (exact) mass is 215 g/mol. The van der Waals surface area contributed by atoms with Gasteiger partial charge in [0.1, 0.15) is 16.0 Å². The number of aromatic amines is 1. The molecule has 5 nitrogen and oxygen atoms in total. The molecule has 2 aromatic rings. The van der Waals surface area contributed by atoms with Crippen molar-refractivity contribution in [2.45, 2.75) is 0 Å². The average molecular weight is 216 g/mol. The predicted molar refractivity (Wildman–Crippen MR) is 47.4 cm³/mol. The summed E-state index contributed by atoms with van der Waals surface area (Å²) in [6.45, 7) is 0. The smallest absolute Gasteiger partial charge is 0.184 e. The molecule has 13 heavy (non-hydrogen) atoms. The number of hydrogen-bond donors (Lipinski definition) is 1. The van der Waals surface area contributed by atoms with Crippen LogP contribution in [0.3, 0.4) is 0 Å². The number of hydrogen-bond acceptors (Lipinski definition) is 4. The topological polar surface area (TPSA) is 67.3 Å². The van der Waals surface area contributed by atoms with Gasteiger partial charge in [-0.15, -0.1) is 0 Å². The normalized spacial score (nSPS) is 10.3. The third-order valence-corrected chi connectivity index (χ3v) is 1.69. The number of nitrogens with zero attached hydrogens (tertiary/aromatic N) is 4. The third kappa shape index (κ3) is 1.76. The van der Waals surface area contributed by atoms with E-state index in [-0.39, 0.29) is 10.3 Å². The zero-order chi connectivity index (χ0) is 9.26. The van der Waals surface area contributed by atoms with Gasteiger partial charge in [0, 0.05) is 6.07 Å². The Morgan fingerprint density at radius 2 is 1.85 bits per heavy atom. The first-order valence-corrected chi connectivity index (χ1v) is 4.07. The molecule has 2 rings (SSSR count). The summed E-state index contributed by atoms with van der Waals surface area (Å²) in [7, 11) is 0. The first-order valence-electron chi connectivity index (χ1n) is 3.32. The van der Waals surface area contributed by atoms with Crippen molar-refractivity contribution in [2.75, 3.05) is 0 Å². The number of nitrogens with one attached hydrogen (secondary N) is 1. The Morgan fingerprint density at radius 3 is 2.38 bits per heavy atom. The second-order valence-electron chi connectivity index (χ2n) is 2.19. The highest BCUT2D eigenvalue weighted by atomic mass is 35.5. The Kier molecular flexibility index (Phi) is 2.12. The van der Waals surface area contributed by atoms with Gasteiger partial charge in [-0.05, 0) is 0 Å². The van der Waals surface area contributed by atoms with Crippen molar-refractivity contribution in [3.8, 4) is 11.5 Å². The van der Waals surface area contributed by atoms with Gasteiger partial charge in [-0.25, -0.2) is 9.97 Å². The lowest BCUT2D eigenvalue weighted by molar-refractivity contribution is 0.938. The van der Waals surface area contributed by atoms with Crippen LogP contribution in [0.2, 0.25) is 10.3 Å². The summed E-state index contributed by atoms with van der Waals surface area (Å²) in [5, 5.41) is 10.4. The fraction of sp³-hybridized carbons (Fsp3) is 0. The zero-order valence-electron chi connectivity index (χ0n) is 6.20. The molecule has 0 unspecified atom stereocenters. The highest BCUT2D eigenvalue weighted by Gasteiger charge is 2.06. The molecule has 0 aliphatic carbocycles. The van der Waals surface area contributed by atoms with Gasteiger partial charge in [0.05, 0.1) is 6.20 Å². The van der Waals surface area contributed by atoms with Gasteiger partial charge in [0.15, 0.2) is 5.82 Å². The first kappa shape index (κ1) is 8.40. The van der Waals surface area contributed by atoms with Gasteiger partial charge in [-0.3, -0.25) is 0 Å². The summed E-state index contributed by atoms with van der Waals surface area (Å²) in [5.74, 6) is 0.353. The van der Waals surface area contributed by atoms with Crippen molar-refractivity contribution in [3.05, 3.63) is 22.6 Å². The maximum absolute atomic E-state index is 5.67. The maximum atomic E-state index is 5.67. The largest absolute Gasteiger partial charge is 0.214 e. The Bertz CT molecular complexity index is 393. The van der Waals surface area contributed by atoms with E-state index in [4.69, 9.17) is 23.2 Å². The molecule has 2 aromatic heterocycles. The van der Waals surface area contributed by atoms with Gasteiger partial charge in [-0.1, -0.05) is 23.2 Å². The number of rotatable bonds is 1. The molecule has 7 heteroatoms. The van der Waals surface area contributed by atoms with Crippen LogP contribution in [0, 0.1) is 0 Å². The van der Waals surface area contributed by atoms with Crippen LogP contribution in [0.1, 0.15) is 0 Å². The van der Waals surface area contributed by atoms with E-state index in [1.807, 2.05) is 0 Å². The zero-order valence-corrected chi connectivity index (χ0v) is 7.71. The van der Waals surface area contributed by atoms with E-state index in [1.165, 1.54) is 12.3 Å². The van der Waals surface area contributed by atoms with Gasteiger partial charge in [0.25, 0.3) is 0 Å². The number of H-pyrrole nitrogens is 1. The van der Waals surface area contributed by atoms with Crippen LogP contribution in [-0.4, -0.2) is 25.4 Å². The summed E-state index contributed by atoms with van der Waals surface area (Å²) in [6, 6.07) is 1.45. The molecule has 66 valence electrons. The number of aromatic nitrogens is 5. The minimum atomic E-state index is 0.276. The van der Waals surface area contributed by atoms with Crippen molar-refractivity contribution in [2.24, 2.45) is 0 Å². The molecule has 0 aliphatic heterocycles. The van der Waals surface area contributed by atoms with Crippen LogP contribution in [0.15, 0.2) is 12.3 Å². The Hall–Kier alpha value is -1.20. The van der Waals surface area contributed by atoms with Crippen LogP contribution < -0.4 is 0 Å². The van der Waals surface area contributed by atoms with Crippen molar-refractivity contribution >= 4 is 23.2 Å². The van der Waals surface area contributed by atoms with E-state index >= 15 is 0 Å². The highest BCUT2D eigenvalue weighted by molar-refractivity contribution is 6.33. The molecule has 0 amide bonds. The molecule has 0 bridgehead atoms. The Morgan fingerprint density at radius 1 is 1.15 bits per heavy atom. The Balaban J connectivity index is 2.53. The predicted octanol–water partition coefficient (Wildman–Crippen LogP) is 1.57. The first-order chi connectivity index (χ1) is 6.25. The van der Waals surface area contributed by atoms with E-state index in [0.717, 1.165) is 0 Å². The molecular weight excluding hydrogens is 213 g/mol. The summed E-state index contributed by atoms with van der Waals surface area (Å²) in [5.41, 5.74) is 0.504. The van der Waals surface area contributed by atoms with Gasteiger partial charge in [0.2, 0.25) is 0 Å². The van der Waals surface area contributed by atoms with E-state index in [0.29, 0.717) is 11.5 Å². The molecule has 0 aromatic carbocycles. The maximum Gasteiger partial charge on any atom is 0.184 e. The van der Waals surface area contributed by atoms with E-state index < -0.39 is 0 Å². The summed E-state index contributed by atoms with van der Waals surface area (Å²) in [4.78, 5) is 7.85. The second-order valence-corrected chi connectivity index (χ2v) is 2.97. The molecule has 1 N–H and O–H groups in total. The molecule has 0 radical (unpaired) electrons. The van der Waals surface area contributed by atoms with Crippen LogP contribution >= 0.6 is 23.2 Å². The van der Waals surface area contributed by atoms with Crippen LogP contribution in [0.5, 0.6) is 0 Å². The lowest BCUT2D eigenvalue weighted by Crippen LogP contribution is -1.90. The van der Waals surface area contributed by atoms with Crippen LogP contribution in [0.25, 0.3) is 11.5 Å². The van der Waals surface area contributed by atoms with Gasteiger partial charge in [-0.2, -0.15) is 15.4 Å². The van der Waals surface area contributed by atoms with E-state index in [1.54, 1.807) is 0 Å². The van der Waals surface area contributed by atoms with Crippen molar-refractivity contribution in [3.63, 3.8) is 0 Å². The summed E-state index contributed by atoms with van der Waals surface area (Å²) < 4.78 is 0. The summed E-state index contributed by atoms with van der Waals surface area (Å²) in [6.07, 6.45) is 1.49. The molecule has 0 saturated heterocycles. The molecule has 0 spiro atoms. The molecule has 0 fully saturated rings. The SMILES string of the molecule is Clc1cc(Cl)nc(-c2cn[nH]n2)n1. The quantitative estimate of drug-likeness (QED) is 0.734. The average Bonchev–Trinajstić information content (AvgIpc) is 2.53. The third-order valence-electron chi connectivity index (χ3n) is 1.31. The van der Waals surface area contributed by atoms with E-state index in [2.05, 4.69) is 25.4 Å². The van der Waals surface area contributed by atoms with Crippen LogP contribution in [0.4, 0.5) is 0 Å². The fourth-order valence-corrected chi connectivity index (χ4v) is 1.24. The lowest BCUT2D eigenvalue weighted by Gasteiger charge is -1.95. The standard InChI is InChI=1S/C6H3Cl2N5/c7-4-1-5(8)11-6(10-4)3-2-9-13-12-3/h1-2H,(H,9,12,13). The fourth-order valence-electron chi connectivity index (χ4n) is 0.814. The lowest BCUT2D eigenvalue weighted by atomic mass is 10.4. The summed E-state index contributed by atoms with van der Waals surface area (Å²) >= 11 is 11.3. The van der Waals surface area contributed by atoms with E-state index in [9.17, 15) is 0 Å².